The molecule has 1 N–H and O–H groups in total. The lowest BCUT2D eigenvalue weighted by atomic mass is 10.2. The third-order valence-corrected chi connectivity index (χ3v) is 1.74. The van der Waals surface area contributed by atoms with Crippen molar-refractivity contribution in [3.8, 4) is 0 Å². The van der Waals surface area contributed by atoms with Gasteiger partial charge in [0.15, 0.2) is 0 Å². The van der Waals surface area contributed by atoms with Crippen LogP contribution in [0, 0.1) is 0 Å². The number of carboxylic acid groups (broad SMARTS) is 1. The average molecular weight is 218 g/mol. The molecule has 0 heterocycles. The van der Waals surface area contributed by atoms with Crippen LogP contribution in [0.1, 0.15) is 5.56 Å². The van der Waals surface area contributed by atoms with Crippen molar-refractivity contribution in [1.29, 1.82) is 0 Å². The van der Waals surface area contributed by atoms with Gasteiger partial charge in [0.05, 0.1) is 6.26 Å². The Morgan fingerprint density at radius 3 is 2.44 bits per heavy atom. The Balaban J connectivity index is 2.53. The van der Waals surface area contributed by atoms with E-state index >= 15 is 0 Å². The van der Waals surface area contributed by atoms with Gasteiger partial charge in [-0.25, -0.2) is 9.59 Å². The Bertz CT molecular complexity index is 432. The number of benzene rings is 1. The minimum absolute atomic E-state index is 0.599. The van der Waals surface area contributed by atoms with E-state index in [-0.39, 0.29) is 0 Å². The highest BCUT2D eigenvalue weighted by Crippen LogP contribution is 2.02. The molecule has 82 valence electrons. The van der Waals surface area contributed by atoms with Crippen LogP contribution in [-0.2, 0) is 14.3 Å². The molecule has 0 spiro atoms. The lowest BCUT2D eigenvalue weighted by molar-refractivity contribution is -0.140. The van der Waals surface area contributed by atoms with Gasteiger partial charge in [0.1, 0.15) is 5.57 Å². The molecule has 0 aromatic heterocycles. The summed E-state index contributed by atoms with van der Waals surface area (Å²) in [7, 11) is 0. The normalized spacial score (nSPS) is 10.0. The summed E-state index contributed by atoms with van der Waals surface area (Å²) in [6.07, 6.45) is 2.68. The van der Waals surface area contributed by atoms with Crippen molar-refractivity contribution >= 4 is 18.0 Å². The molecule has 0 amide bonds. The van der Waals surface area contributed by atoms with Crippen molar-refractivity contribution in [3.05, 3.63) is 54.3 Å². The molecule has 0 atom stereocenters. The molecule has 0 saturated carbocycles. The summed E-state index contributed by atoms with van der Waals surface area (Å²) in [6, 6.07) is 9.15. The molecule has 4 nitrogen and oxygen atoms in total. The number of hydrogen-bond donors (Lipinski definition) is 1. The maximum Gasteiger partial charge on any atom is 0.349 e. The average Bonchev–Trinajstić information content (AvgIpc) is 2.29. The topological polar surface area (TPSA) is 63.6 Å². The zero-order valence-electron chi connectivity index (χ0n) is 8.42. The highest BCUT2D eigenvalue weighted by atomic mass is 16.5. The molecule has 0 radical (unpaired) electrons. The highest BCUT2D eigenvalue weighted by molar-refractivity contribution is 6.12. The minimum atomic E-state index is -1.39. The Morgan fingerprint density at radius 1 is 1.25 bits per heavy atom. The quantitative estimate of drug-likeness (QED) is 0.275. The number of hydrogen-bond acceptors (Lipinski definition) is 3. The number of carbonyl (C=O) groups is 2. The zero-order chi connectivity index (χ0) is 12.0. The molecule has 0 unspecified atom stereocenters. The van der Waals surface area contributed by atoms with E-state index in [9.17, 15) is 9.59 Å². The minimum Gasteiger partial charge on any atom is -0.477 e. The van der Waals surface area contributed by atoms with Crippen molar-refractivity contribution < 1.29 is 19.4 Å². The van der Waals surface area contributed by atoms with Crippen LogP contribution in [0.5, 0.6) is 0 Å². The Kier molecular flexibility index (Phi) is 4.03. The predicted molar refractivity (Wildman–Crippen MR) is 58.3 cm³/mol. The standard InChI is InChI=1S/C12H10O4/c1-9(11(13)14)12(15)16-8-7-10-5-3-2-4-6-10/h2-8H,1H2,(H,13,14). The molecule has 1 aromatic carbocycles. The summed E-state index contributed by atoms with van der Waals surface area (Å²) in [5, 5.41) is 8.44. The fraction of sp³-hybridized carbons (Fsp3) is 0. The lowest BCUT2D eigenvalue weighted by Crippen LogP contribution is -2.11. The maximum atomic E-state index is 11.0. The van der Waals surface area contributed by atoms with E-state index in [0.717, 1.165) is 11.8 Å². The summed E-state index contributed by atoms with van der Waals surface area (Å²) in [6.45, 7) is 3.07. The first-order chi connectivity index (χ1) is 7.61. The van der Waals surface area contributed by atoms with E-state index in [1.807, 2.05) is 30.3 Å². The molecule has 0 fully saturated rings. The lowest BCUT2D eigenvalue weighted by Gasteiger charge is -1.97. The van der Waals surface area contributed by atoms with Crippen LogP contribution in [0.3, 0.4) is 0 Å². The smallest absolute Gasteiger partial charge is 0.349 e. The van der Waals surface area contributed by atoms with Crippen molar-refractivity contribution in [2.45, 2.75) is 0 Å². The maximum absolute atomic E-state index is 11.0. The van der Waals surface area contributed by atoms with Crippen LogP contribution in [0.15, 0.2) is 48.7 Å². The van der Waals surface area contributed by atoms with Crippen molar-refractivity contribution in [2.75, 3.05) is 0 Å². The summed E-state index contributed by atoms with van der Waals surface area (Å²) in [5.41, 5.74) is 0.244. The van der Waals surface area contributed by atoms with Gasteiger partial charge in [0.25, 0.3) is 0 Å². The Morgan fingerprint density at radius 2 is 1.88 bits per heavy atom. The highest BCUT2D eigenvalue weighted by Gasteiger charge is 2.14. The summed E-state index contributed by atoms with van der Waals surface area (Å²) in [5.74, 6) is -2.36. The van der Waals surface area contributed by atoms with Crippen LogP contribution in [0.25, 0.3) is 6.08 Å². The number of esters is 1. The first-order valence-corrected chi connectivity index (χ1v) is 4.46. The Labute approximate surface area is 92.5 Å². The van der Waals surface area contributed by atoms with E-state index in [2.05, 4.69) is 11.3 Å². The third kappa shape index (κ3) is 3.42. The Hall–Kier alpha value is -2.36. The van der Waals surface area contributed by atoms with Crippen LogP contribution < -0.4 is 0 Å². The molecule has 1 rings (SSSR count). The molecule has 4 heteroatoms. The van der Waals surface area contributed by atoms with E-state index in [4.69, 9.17) is 5.11 Å². The van der Waals surface area contributed by atoms with Crippen LogP contribution in [0.2, 0.25) is 0 Å². The number of rotatable bonds is 4. The van der Waals surface area contributed by atoms with E-state index in [1.165, 1.54) is 0 Å². The molecule has 0 aliphatic carbocycles. The van der Waals surface area contributed by atoms with Crippen molar-refractivity contribution in [1.82, 2.24) is 0 Å². The molecule has 16 heavy (non-hydrogen) atoms. The van der Waals surface area contributed by atoms with Crippen LogP contribution in [0.4, 0.5) is 0 Å². The molecule has 0 bridgehead atoms. The van der Waals surface area contributed by atoms with Gasteiger partial charge in [-0.3, -0.25) is 0 Å². The second kappa shape index (κ2) is 5.50. The number of carboxylic acids is 1. The number of ether oxygens (including phenoxy) is 1. The third-order valence-electron chi connectivity index (χ3n) is 1.74. The number of carbonyl (C=O) groups excluding carboxylic acids is 1. The van der Waals surface area contributed by atoms with Gasteiger partial charge in [0, 0.05) is 0 Å². The number of aliphatic carboxylic acids is 1. The van der Waals surface area contributed by atoms with Crippen molar-refractivity contribution in [2.24, 2.45) is 0 Å². The second-order valence-electron chi connectivity index (χ2n) is 2.90. The largest absolute Gasteiger partial charge is 0.477 e. The SMILES string of the molecule is C=C(C(=O)O)C(=O)OC=Cc1ccccc1. The fourth-order valence-corrected chi connectivity index (χ4v) is 0.897. The molecule has 0 saturated heterocycles. The van der Waals surface area contributed by atoms with Gasteiger partial charge >= 0.3 is 11.9 Å². The van der Waals surface area contributed by atoms with Gasteiger partial charge in [-0.1, -0.05) is 36.9 Å². The van der Waals surface area contributed by atoms with E-state index < -0.39 is 17.5 Å². The molecule has 0 aliphatic heterocycles. The van der Waals surface area contributed by atoms with Gasteiger partial charge in [0.2, 0.25) is 0 Å². The van der Waals surface area contributed by atoms with Gasteiger partial charge in [-0.2, -0.15) is 0 Å². The van der Waals surface area contributed by atoms with Crippen LogP contribution in [-0.4, -0.2) is 17.0 Å². The predicted octanol–water partition coefficient (Wildman–Crippen LogP) is 1.84. The summed E-state index contributed by atoms with van der Waals surface area (Å²) < 4.78 is 4.57. The van der Waals surface area contributed by atoms with Crippen LogP contribution >= 0.6 is 0 Å². The second-order valence-corrected chi connectivity index (χ2v) is 2.90. The fourth-order valence-electron chi connectivity index (χ4n) is 0.897. The monoisotopic (exact) mass is 218 g/mol. The van der Waals surface area contributed by atoms with E-state index in [1.54, 1.807) is 6.08 Å². The molecule has 1 aromatic rings. The first kappa shape index (κ1) is 11.7. The summed E-state index contributed by atoms with van der Waals surface area (Å²) >= 11 is 0. The van der Waals surface area contributed by atoms with Gasteiger partial charge in [-0.05, 0) is 11.6 Å². The molecular formula is C12H10O4. The molecule has 0 aliphatic rings. The van der Waals surface area contributed by atoms with Crippen molar-refractivity contribution in [3.63, 3.8) is 0 Å². The zero-order valence-corrected chi connectivity index (χ0v) is 8.42. The summed E-state index contributed by atoms with van der Waals surface area (Å²) in [4.78, 5) is 21.4. The molecular weight excluding hydrogens is 208 g/mol. The van der Waals surface area contributed by atoms with Gasteiger partial charge < -0.3 is 9.84 Å². The van der Waals surface area contributed by atoms with E-state index in [0.29, 0.717) is 0 Å². The first-order valence-electron chi connectivity index (χ1n) is 4.46. The van der Waals surface area contributed by atoms with Gasteiger partial charge in [-0.15, -0.1) is 0 Å².